The summed E-state index contributed by atoms with van der Waals surface area (Å²) in [4.78, 5) is 29.9. The van der Waals surface area contributed by atoms with Crippen LogP contribution >= 0.6 is 15.9 Å². The Kier molecular flexibility index (Phi) is 9.75. The maximum Gasteiger partial charge on any atom is 0.251 e. The largest absolute Gasteiger partial charge is 0.492 e. The second-order valence-corrected chi connectivity index (χ2v) is 12.0. The smallest absolute Gasteiger partial charge is 0.251 e. The minimum atomic E-state index is -0.325. The molecule has 2 bridgehead atoms. The third kappa shape index (κ3) is 7.28. The fourth-order valence-corrected chi connectivity index (χ4v) is 6.15. The number of fused-ring (bicyclic) bond motifs is 2. The summed E-state index contributed by atoms with van der Waals surface area (Å²) < 4.78 is 20.0. The van der Waals surface area contributed by atoms with Crippen molar-refractivity contribution in [3.05, 3.63) is 105 Å². The number of hydrogen-bond donors (Lipinski definition) is 1. The SMILES string of the molecule is CC(=O)N1CC2CC(c3ccc(CCCOc4cc(F)ccc4Br)cc3)=C(C(=O)N(C)CCc3ccccc3)C(C1)N2. The fraction of sp³-hybridized carbons (Fsp3) is 0.353. The molecule has 1 N–H and O–H groups in total. The average Bonchev–Trinajstić information content (AvgIpc) is 2.99. The summed E-state index contributed by atoms with van der Waals surface area (Å²) in [5.41, 5.74) is 5.24. The first kappa shape index (κ1) is 30.0. The number of nitrogens with one attached hydrogen (secondary N) is 1. The molecule has 2 aliphatic rings. The molecule has 0 radical (unpaired) electrons. The molecular weight excluding hydrogens is 597 g/mol. The van der Waals surface area contributed by atoms with E-state index < -0.39 is 0 Å². The van der Waals surface area contributed by atoms with Gasteiger partial charge in [-0.3, -0.25) is 9.59 Å². The van der Waals surface area contributed by atoms with Crippen molar-refractivity contribution in [3.63, 3.8) is 0 Å². The van der Waals surface area contributed by atoms with Crippen LogP contribution in [-0.2, 0) is 22.4 Å². The Hall–Kier alpha value is -3.49. The highest BCUT2D eigenvalue weighted by molar-refractivity contribution is 9.10. The molecule has 3 aromatic carbocycles. The van der Waals surface area contributed by atoms with E-state index in [1.54, 1.807) is 13.0 Å². The number of benzene rings is 3. The average molecular weight is 635 g/mol. The molecule has 0 spiro atoms. The van der Waals surface area contributed by atoms with Crippen molar-refractivity contribution < 1.29 is 18.7 Å². The summed E-state index contributed by atoms with van der Waals surface area (Å²) in [5, 5.41) is 3.62. The van der Waals surface area contributed by atoms with Gasteiger partial charge in [-0.2, -0.15) is 0 Å². The Bertz CT molecular complexity index is 1440. The number of piperazine rings is 1. The van der Waals surface area contributed by atoms with Crippen LogP contribution in [-0.4, -0.2) is 67.0 Å². The van der Waals surface area contributed by atoms with Gasteiger partial charge in [0.25, 0.3) is 5.91 Å². The van der Waals surface area contributed by atoms with Gasteiger partial charge in [0.15, 0.2) is 0 Å². The number of amides is 2. The van der Waals surface area contributed by atoms with E-state index in [2.05, 4.69) is 57.6 Å². The number of carbonyl (C=O) groups excluding carboxylic acids is 2. The number of aryl methyl sites for hydroxylation is 1. The number of rotatable bonds is 10. The molecule has 0 aliphatic carbocycles. The van der Waals surface area contributed by atoms with Crippen LogP contribution in [0.2, 0.25) is 0 Å². The summed E-state index contributed by atoms with van der Waals surface area (Å²) in [6.45, 7) is 3.81. The van der Waals surface area contributed by atoms with E-state index in [1.807, 2.05) is 35.0 Å². The minimum Gasteiger partial charge on any atom is -0.492 e. The van der Waals surface area contributed by atoms with Crippen LogP contribution in [0.1, 0.15) is 36.5 Å². The van der Waals surface area contributed by atoms with Crippen molar-refractivity contribution in [3.8, 4) is 5.75 Å². The van der Waals surface area contributed by atoms with Gasteiger partial charge in [-0.15, -0.1) is 0 Å². The van der Waals surface area contributed by atoms with E-state index in [-0.39, 0.29) is 29.7 Å². The van der Waals surface area contributed by atoms with Crippen LogP contribution in [0, 0.1) is 5.82 Å². The van der Waals surface area contributed by atoms with Crippen molar-refractivity contribution in [2.45, 2.75) is 44.7 Å². The van der Waals surface area contributed by atoms with Crippen LogP contribution in [0.4, 0.5) is 4.39 Å². The Labute approximate surface area is 255 Å². The molecule has 1 saturated heterocycles. The zero-order valence-electron chi connectivity index (χ0n) is 24.1. The summed E-state index contributed by atoms with van der Waals surface area (Å²) in [6, 6.07) is 22.9. The molecule has 0 saturated carbocycles. The maximum absolute atomic E-state index is 14.0. The molecule has 1 fully saturated rings. The lowest BCUT2D eigenvalue weighted by Crippen LogP contribution is -2.61. The molecule has 2 heterocycles. The number of halogens is 2. The fourth-order valence-electron chi connectivity index (χ4n) is 5.79. The Morgan fingerprint density at radius 2 is 1.76 bits per heavy atom. The molecule has 42 heavy (non-hydrogen) atoms. The summed E-state index contributed by atoms with van der Waals surface area (Å²) in [5.74, 6) is 0.224. The van der Waals surface area contributed by atoms with E-state index in [0.29, 0.717) is 38.4 Å². The van der Waals surface area contributed by atoms with E-state index in [4.69, 9.17) is 4.74 Å². The Morgan fingerprint density at radius 1 is 1.02 bits per heavy atom. The normalized spacial score (nSPS) is 18.1. The number of carbonyl (C=O) groups is 2. The van der Waals surface area contributed by atoms with Crippen molar-refractivity contribution >= 4 is 33.3 Å². The lowest BCUT2D eigenvalue weighted by molar-refractivity contribution is -0.132. The lowest BCUT2D eigenvalue weighted by atomic mass is 9.82. The van der Waals surface area contributed by atoms with E-state index in [0.717, 1.165) is 40.4 Å². The van der Waals surface area contributed by atoms with Gasteiger partial charge in [0.05, 0.1) is 17.1 Å². The molecule has 2 unspecified atom stereocenters. The van der Waals surface area contributed by atoms with E-state index in [1.165, 1.54) is 23.3 Å². The van der Waals surface area contributed by atoms with Gasteiger partial charge >= 0.3 is 0 Å². The topological polar surface area (TPSA) is 61.9 Å². The monoisotopic (exact) mass is 633 g/mol. The van der Waals surface area contributed by atoms with Gasteiger partial charge < -0.3 is 19.9 Å². The molecule has 2 atom stereocenters. The maximum atomic E-state index is 14.0. The van der Waals surface area contributed by atoms with Crippen molar-refractivity contribution in [1.82, 2.24) is 15.1 Å². The van der Waals surface area contributed by atoms with Crippen molar-refractivity contribution in [2.75, 3.05) is 33.3 Å². The van der Waals surface area contributed by atoms with Crippen LogP contribution in [0.5, 0.6) is 5.75 Å². The predicted octanol–water partition coefficient (Wildman–Crippen LogP) is 5.65. The third-order valence-electron chi connectivity index (χ3n) is 8.07. The van der Waals surface area contributed by atoms with Crippen LogP contribution < -0.4 is 10.1 Å². The van der Waals surface area contributed by atoms with E-state index >= 15 is 0 Å². The molecule has 8 heteroatoms. The van der Waals surface area contributed by atoms with Gasteiger partial charge in [-0.1, -0.05) is 54.6 Å². The minimum absolute atomic E-state index is 0.00650. The first-order valence-corrected chi connectivity index (χ1v) is 15.3. The third-order valence-corrected chi connectivity index (χ3v) is 8.72. The van der Waals surface area contributed by atoms with Crippen molar-refractivity contribution in [1.29, 1.82) is 0 Å². The lowest BCUT2D eigenvalue weighted by Gasteiger charge is -2.44. The van der Waals surface area contributed by atoms with Crippen LogP contribution in [0.3, 0.4) is 0 Å². The highest BCUT2D eigenvalue weighted by Crippen LogP contribution is 2.34. The summed E-state index contributed by atoms with van der Waals surface area (Å²) >= 11 is 3.40. The van der Waals surface area contributed by atoms with Gasteiger partial charge in [0.1, 0.15) is 11.6 Å². The number of hydrogen-bond acceptors (Lipinski definition) is 4. The first-order chi connectivity index (χ1) is 20.3. The molecule has 6 nitrogen and oxygen atoms in total. The molecule has 0 aromatic heterocycles. The van der Waals surface area contributed by atoms with Gasteiger partial charge in [0.2, 0.25) is 5.91 Å². The van der Waals surface area contributed by atoms with Crippen LogP contribution in [0.15, 0.2) is 82.8 Å². The zero-order valence-corrected chi connectivity index (χ0v) is 25.7. The molecule has 5 rings (SSSR count). The molecule has 3 aromatic rings. The number of nitrogens with zero attached hydrogens (tertiary/aromatic N) is 2. The van der Waals surface area contributed by atoms with Gasteiger partial charge in [-0.05, 0) is 76.0 Å². The predicted molar refractivity (Wildman–Crippen MR) is 167 cm³/mol. The number of ether oxygens (including phenoxy) is 1. The molecular formula is C34H37BrFN3O3. The van der Waals surface area contributed by atoms with Crippen LogP contribution in [0.25, 0.3) is 5.57 Å². The quantitative estimate of drug-likeness (QED) is 0.293. The first-order valence-electron chi connectivity index (χ1n) is 14.5. The number of likely N-dealkylation sites (N-methyl/N-ethyl adjacent to an activating group) is 1. The second-order valence-electron chi connectivity index (χ2n) is 11.1. The molecule has 220 valence electrons. The van der Waals surface area contributed by atoms with Crippen molar-refractivity contribution in [2.24, 2.45) is 0 Å². The Morgan fingerprint density at radius 3 is 2.50 bits per heavy atom. The molecule has 2 aliphatic heterocycles. The zero-order chi connectivity index (χ0) is 29.6. The van der Waals surface area contributed by atoms with Gasteiger partial charge in [-0.25, -0.2) is 4.39 Å². The highest BCUT2D eigenvalue weighted by Gasteiger charge is 2.39. The summed E-state index contributed by atoms with van der Waals surface area (Å²) in [6.07, 6.45) is 3.07. The highest BCUT2D eigenvalue weighted by atomic mass is 79.9. The Balaban J connectivity index is 1.30. The second kappa shape index (κ2) is 13.7. The molecule has 2 amide bonds. The summed E-state index contributed by atoms with van der Waals surface area (Å²) in [7, 11) is 1.86. The standard InChI is InChI=1S/C34H37BrFN3O3/c1-23(40)39-21-28-20-29(33(31(22-39)37-28)34(41)38(2)17-16-24-7-4-3-5-8-24)26-12-10-25(11-13-26)9-6-18-42-32-19-27(36)14-15-30(32)35/h3-5,7-8,10-15,19,28,31,37H,6,9,16-18,20-22H2,1-2H3. The van der Waals surface area contributed by atoms with E-state index in [9.17, 15) is 14.0 Å². The van der Waals surface area contributed by atoms with Gasteiger partial charge in [0, 0.05) is 51.3 Å².